The first-order chi connectivity index (χ1) is 15.5. The van der Waals surface area contributed by atoms with E-state index >= 15 is 0 Å². The Labute approximate surface area is 191 Å². The lowest BCUT2D eigenvalue weighted by molar-refractivity contribution is -0.271. The third-order valence-corrected chi connectivity index (χ3v) is 5.91. The van der Waals surface area contributed by atoms with Crippen LogP contribution >= 0.6 is 0 Å². The molecule has 1 aliphatic heterocycles. The van der Waals surface area contributed by atoms with Gasteiger partial charge in [-0.25, -0.2) is 0 Å². The smallest absolute Gasteiger partial charge is 0.305 e. The van der Waals surface area contributed by atoms with Crippen LogP contribution in [-0.2, 0) is 47.7 Å². The van der Waals surface area contributed by atoms with Crippen molar-refractivity contribution in [3.05, 3.63) is 12.2 Å². The summed E-state index contributed by atoms with van der Waals surface area (Å²) in [5.74, 6) is -2.91. The molecule has 11 heteroatoms. The minimum atomic E-state index is -1.38. The molecule has 33 heavy (non-hydrogen) atoms. The van der Waals surface area contributed by atoms with E-state index in [1.54, 1.807) is 0 Å². The number of allylic oxidation sites excluding steroid dienone is 2. The van der Waals surface area contributed by atoms with Crippen molar-refractivity contribution in [1.29, 1.82) is 0 Å². The second kappa shape index (κ2) is 10.3. The van der Waals surface area contributed by atoms with Gasteiger partial charge in [-0.05, 0) is 24.7 Å². The standard InChI is InChI=1S/C22H29NO10/c1-10(24)29-9-17-19(30-11(2)25)20(31-12(3)26)18(22(33-17)32-13(4)27)23-21(28)16-8-14-5-6-15(16)7-14/h5-6,14-20,22H,7-9H2,1-4H3,(H,23,28)/t14-,15+,16+,17-,18-,19-,20-,22?/m1/s1. The molecule has 8 atom stereocenters. The molecule has 1 heterocycles. The van der Waals surface area contributed by atoms with Gasteiger partial charge in [-0.1, -0.05) is 12.2 Å². The molecule has 0 aromatic carbocycles. The summed E-state index contributed by atoms with van der Waals surface area (Å²) in [6.45, 7) is 4.29. The highest BCUT2D eigenvalue weighted by Gasteiger charge is 2.53. The molecule has 182 valence electrons. The zero-order chi connectivity index (χ0) is 24.3. The van der Waals surface area contributed by atoms with E-state index in [-0.39, 0.29) is 24.3 Å². The van der Waals surface area contributed by atoms with E-state index in [4.69, 9.17) is 23.7 Å². The SMILES string of the molecule is CC(=O)OC[C@H]1OC(OC(C)=O)[C@H](NC(=O)[C@H]2C[C@@H]3C=C[C@H]2C3)[C@@H](OC(C)=O)[C@@H]1OC(C)=O. The van der Waals surface area contributed by atoms with Crippen molar-refractivity contribution < 1.29 is 47.7 Å². The first kappa shape index (κ1) is 24.7. The number of ether oxygens (including phenoxy) is 5. The summed E-state index contributed by atoms with van der Waals surface area (Å²) < 4.78 is 26.9. The van der Waals surface area contributed by atoms with E-state index < -0.39 is 54.5 Å². The monoisotopic (exact) mass is 467 g/mol. The van der Waals surface area contributed by atoms with Gasteiger partial charge in [0.05, 0.1) is 0 Å². The molecule has 2 aliphatic carbocycles. The fraction of sp³-hybridized carbons (Fsp3) is 0.682. The normalized spacial score (nSPS) is 34.3. The summed E-state index contributed by atoms with van der Waals surface area (Å²) in [7, 11) is 0. The van der Waals surface area contributed by atoms with Crippen LogP contribution in [0.3, 0.4) is 0 Å². The average molecular weight is 467 g/mol. The molecule has 0 aromatic heterocycles. The number of hydrogen-bond acceptors (Lipinski definition) is 10. The summed E-state index contributed by atoms with van der Waals surface area (Å²) in [5.41, 5.74) is 0. The Bertz CT molecular complexity index is 839. The van der Waals surface area contributed by atoms with Gasteiger partial charge < -0.3 is 29.0 Å². The summed E-state index contributed by atoms with van der Waals surface area (Å²) in [5, 5.41) is 2.79. The number of esters is 4. The minimum absolute atomic E-state index is 0.0971. The third-order valence-electron chi connectivity index (χ3n) is 5.91. The Morgan fingerprint density at radius 1 is 0.848 bits per heavy atom. The third kappa shape index (κ3) is 6.10. The van der Waals surface area contributed by atoms with Gasteiger partial charge in [-0.15, -0.1) is 0 Å². The molecule has 2 fully saturated rings. The fourth-order valence-electron chi connectivity index (χ4n) is 4.67. The molecule has 1 unspecified atom stereocenters. The number of rotatable bonds is 7. The maximum absolute atomic E-state index is 13.1. The van der Waals surface area contributed by atoms with Crippen LogP contribution in [0.2, 0.25) is 0 Å². The molecule has 0 radical (unpaired) electrons. The van der Waals surface area contributed by atoms with Crippen molar-refractivity contribution in [1.82, 2.24) is 5.32 Å². The van der Waals surface area contributed by atoms with Crippen LogP contribution in [0.25, 0.3) is 0 Å². The predicted molar refractivity (Wildman–Crippen MR) is 109 cm³/mol. The van der Waals surface area contributed by atoms with E-state index in [0.29, 0.717) is 12.3 Å². The summed E-state index contributed by atoms with van der Waals surface area (Å²) >= 11 is 0. The summed E-state index contributed by atoms with van der Waals surface area (Å²) in [6.07, 6.45) is 0.686. The topological polar surface area (TPSA) is 144 Å². The summed E-state index contributed by atoms with van der Waals surface area (Å²) in [6, 6.07) is -1.16. The molecular formula is C22H29NO10. The van der Waals surface area contributed by atoms with Gasteiger partial charge in [-0.2, -0.15) is 0 Å². The van der Waals surface area contributed by atoms with Gasteiger partial charge >= 0.3 is 23.9 Å². The molecule has 2 bridgehead atoms. The van der Waals surface area contributed by atoms with Crippen LogP contribution in [0.4, 0.5) is 0 Å². The Morgan fingerprint density at radius 3 is 2.00 bits per heavy atom. The maximum Gasteiger partial charge on any atom is 0.305 e. The number of amides is 1. The van der Waals surface area contributed by atoms with Crippen LogP contribution in [0, 0.1) is 17.8 Å². The van der Waals surface area contributed by atoms with E-state index in [2.05, 4.69) is 11.4 Å². The molecule has 11 nitrogen and oxygen atoms in total. The molecular weight excluding hydrogens is 438 g/mol. The highest BCUT2D eigenvalue weighted by Crippen LogP contribution is 2.43. The lowest BCUT2D eigenvalue weighted by Gasteiger charge is -2.44. The van der Waals surface area contributed by atoms with Crippen molar-refractivity contribution in [2.45, 2.75) is 71.2 Å². The van der Waals surface area contributed by atoms with Gasteiger partial charge in [-0.3, -0.25) is 24.0 Å². The maximum atomic E-state index is 13.1. The zero-order valence-electron chi connectivity index (χ0n) is 19.0. The molecule has 3 aliphatic rings. The quantitative estimate of drug-likeness (QED) is 0.317. The van der Waals surface area contributed by atoms with Gasteiger partial charge in [0.1, 0.15) is 18.8 Å². The van der Waals surface area contributed by atoms with Crippen LogP contribution in [0.15, 0.2) is 12.2 Å². The summed E-state index contributed by atoms with van der Waals surface area (Å²) in [4.78, 5) is 60.0. The van der Waals surface area contributed by atoms with Crippen LogP contribution in [0.5, 0.6) is 0 Å². The fourth-order valence-corrected chi connectivity index (χ4v) is 4.67. The first-order valence-electron chi connectivity index (χ1n) is 10.8. The lowest BCUT2D eigenvalue weighted by Crippen LogP contribution is -2.67. The van der Waals surface area contributed by atoms with Gasteiger partial charge in [0.2, 0.25) is 12.2 Å². The van der Waals surface area contributed by atoms with E-state index in [1.807, 2.05) is 6.08 Å². The number of carbonyl (C=O) groups excluding carboxylic acids is 5. The number of fused-ring (bicyclic) bond motifs is 2. The Hall–Kier alpha value is -2.95. The van der Waals surface area contributed by atoms with Crippen molar-refractivity contribution >= 4 is 29.8 Å². The van der Waals surface area contributed by atoms with Crippen LogP contribution < -0.4 is 5.32 Å². The van der Waals surface area contributed by atoms with E-state index in [0.717, 1.165) is 27.2 Å². The predicted octanol–water partition coefficient (Wildman–Crippen LogP) is 0.398. The van der Waals surface area contributed by atoms with Crippen molar-refractivity contribution in [2.75, 3.05) is 6.61 Å². The van der Waals surface area contributed by atoms with Crippen molar-refractivity contribution in [3.63, 3.8) is 0 Å². The largest absolute Gasteiger partial charge is 0.463 e. The number of nitrogens with one attached hydrogen (secondary N) is 1. The van der Waals surface area contributed by atoms with Gasteiger partial charge in [0.15, 0.2) is 12.2 Å². The Morgan fingerprint density at radius 2 is 1.48 bits per heavy atom. The molecule has 0 spiro atoms. The van der Waals surface area contributed by atoms with E-state index in [9.17, 15) is 24.0 Å². The molecule has 1 amide bonds. The van der Waals surface area contributed by atoms with Crippen molar-refractivity contribution in [3.8, 4) is 0 Å². The molecule has 1 saturated carbocycles. The molecule has 1 N–H and O–H groups in total. The van der Waals surface area contributed by atoms with Gasteiger partial charge in [0.25, 0.3) is 0 Å². The first-order valence-corrected chi connectivity index (χ1v) is 10.8. The Balaban J connectivity index is 1.90. The number of hydrogen-bond donors (Lipinski definition) is 1. The zero-order valence-corrected chi connectivity index (χ0v) is 19.0. The number of carbonyl (C=O) groups is 5. The minimum Gasteiger partial charge on any atom is -0.463 e. The van der Waals surface area contributed by atoms with Crippen LogP contribution in [-0.4, -0.2) is 67.0 Å². The highest BCUT2D eigenvalue weighted by molar-refractivity contribution is 5.80. The second-order valence-electron chi connectivity index (χ2n) is 8.52. The lowest BCUT2D eigenvalue weighted by atomic mass is 9.91. The second-order valence-corrected chi connectivity index (χ2v) is 8.52. The molecule has 0 aromatic rings. The van der Waals surface area contributed by atoms with Crippen molar-refractivity contribution in [2.24, 2.45) is 17.8 Å². The molecule has 1 saturated heterocycles. The van der Waals surface area contributed by atoms with Gasteiger partial charge in [0, 0.05) is 33.6 Å². The van der Waals surface area contributed by atoms with E-state index in [1.165, 1.54) is 6.92 Å². The highest BCUT2D eigenvalue weighted by atomic mass is 16.7. The molecule has 3 rings (SSSR count). The Kier molecular flexibility index (Phi) is 7.72. The van der Waals surface area contributed by atoms with Crippen LogP contribution in [0.1, 0.15) is 40.5 Å². The average Bonchev–Trinajstić information content (AvgIpc) is 3.33.